The van der Waals surface area contributed by atoms with E-state index in [0.717, 1.165) is 0 Å². The van der Waals surface area contributed by atoms with Crippen molar-refractivity contribution in [1.82, 2.24) is 0 Å². The van der Waals surface area contributed by atoms with E-state index in [1.165, 1.54) is 6.08 Å². The van der Waals surface area contributed by atoms with Crippen LogP contribution in [0.5, 0.6) is 0 Å². The van der Waals surface area contributed by atoms with Crippen LogP contribution in [0.3, 0.4) is 0 Å². The van der Waals surface area contributed by atoms with Gasteiger partial charge >= 0.3 is 0 Å². The summed E-state index contributed by atoms with van der Waals surface area (Å²) in [4.78, 5) is 0. The number of halogens is 2. The minimum atomic E-state index is -0.380. The summed E-state index contributed by atoms with van der Waals surface area (Å²) in [5.74, 6) is 0. The summed E-state index contributed by atoms with van der Waals surface area (Å²) in [6, 6.07) is 0. The molecule has 0 aromatic heterocycles. The summed E-state index contributed by atoms with van der Waals surface area (Å²) in [6.45, 7) is 3.30. The Bertz CT molecular complexity index is 35.8. The van der Waals surface area contributed by atoms with Gasteiger partial charge in [-0.25, -0.2) is 0 Å². The molecule has 0 radical (unpaired) electrons. The van der Waals surface area contributed by atoms with Gasteiger partial charge in [-0.3, -0.25) is 0 Å². The molecule has 0 amide bonds. The van der Waals surface area contributed by atoms with Gasteiger partial charge < -0.3 is 5.73 Å². The van der Waals surface area contributed by atoms with E-state index in [-0.39, 0.29) is 17.9 Å². The Morgan fingerprint density at radius 3 is 2.00 bits per heavy atom. The summed E-state index contributed by atoms with van der Waals surface area (Å²) in [7, 11) is 0. The topological polar surface area (TPSA) is 26.0 Å². The first-order valence-electron chi connectivity index (χ1n) is 1.29. The van der Waals surface area contributed by atoms with Crippen molar-refractivity contribution in [3.8, 4) is 0 Å². The predicted molar refractivity (Wildman–Crippen MR) is 31.3 cm³/mol. The fraction of sp³-hybridized carbons (Fsp3) is 0.333. The van der Waals surface area contributed by atoms with Crippen LogP contribution in [-0.2, 0) is 0 Å². The van der Waals surface area contributed by atoms with Gasteiger partial charge in [0.05, 0.1) is 5.50 Å². The molecule has 0 bridgehead atoms. The van der Waals surface area contributed by atoms with Crippen molar-refractivity contribution >= 4 is 24.0 Å². The third-order valence-corrected chi connectivity index (χ3v) is 0.403. The fourth-order valence-corrected chi connectivity index (χ4v) is 0. The maximum atomic E-state index is 5.12. The number of nitrogens with two attached hydrogens (primary N) is 1. The monoisotopic (exact) mass is 127 g/mol. The van der Waals surface area contributed by atoms with Crippen LogP contribution in [0, 0.1) is 0 Å². The zero-order valence-corrected chi connectivity index (χ0v) is 4.80. The van der Waals surface area contributed by atoms with Crippen LogP contribution in [0.25, 0.3) is 0 Å². The molecule has 0 aromatic carbocycles. The van der Waals surface area contributed by atoms with Crippen LogP contribution in [0.15, 0.2) is 12.7 Å². The molecule has 2 N–H and O–H groups in total. The van der Waals surface area contributed by atoms with E-state index in [9.17, 15) is 0 Å². The number of hydrogen-bond donors (Lipinski definition) is 1. The lowest BCUT2D eigenvalue weighted by Gasteiger charge is -1.82. The van der Waals surface area contributed by atoms with Crippen molar-refractivity contribution in [2.75, 3.05) is 0 Å². The first-order valence-corrected chi connectivity index (χ1v) is 1.73. The van der Waals surface area contributed by atoms with Crippen LogP contribution in [0.1, 0.15) is 0 Å². The van der Waals surface area contributed by atoms with E-state index in [0.29, 0.717) is 0 Å². The smallest absolute Gasteiger partial charge is 0.0984 e. The molecule has 0 rings (SSSR count). The highest BCUT2D eigenvalue weighted by Crippen LogP contribution is 1.80. The van der Waals surface area contributed by atoms with Gasteiger partial charge in [0.15, 0.2) is 0 Å². The standard InChI is InChI=1S/C3H6ClN.ClH/c1-2-3(4)5;/h2-3H,1,5H2;1H. The Balaban J connectivity index is 0. The lowest BCUT2D eigenvalue weighted by Crippen LogP contribution is -2.05. The minimum absolute atomic E-state index is 0. The van der Waals surface area contributed by atoms with E-state index < -0.39 is 0 Å². The lowest BCUT2D eigenvalue weighted by molar-refractivity contribution is 1.15. The minimum Gasteiger partial charge on any atom is -0.312 e. The molecular formula is C3H7Cl2N. The Labute approximate surface area is 48.6 Å². The Hall–Kier alpha value is 0.280. The van der Waals surface area contributed by atoms with Gasteiger partial charge in [-0.15, -0.1) is 30.6 Å². The normalized spacial score (nSPS) is 11.7. The maximum Gasteiger partial charge on any atom is 0.0984 e. The molecule has 0 saturated carbocycles. The van der Waals surface area contributed by atoms with Gasteiger partial charge in [-0.1, -0.05) is 6.08 Å². The highest BCUT2D eigenvalue weighted by molar-refractivity contribution is 6.21. The van der Waals surface area contributed by atoms with Crippen LogP contribution in [0.2, 0.25) is 0 Å². The van der Waals surface area contributed by atoms with E-state index in [2.05, 4.69) is 6.58 Å². The molecule has 38 valence electrons. The van der Waals surface area contributed by atoms with E-state index in [1.54, 1.807) is 0 Å². The predicted octanol–water partition coefficient (Wildman–Crippen LogP) is 1.12. The second-order valence-electron chi connectivity index (χ2n) is 0.680. The Kier molecular flexibility index (Phi) is 8.41. The van der Waals surface area contributed by atoms with Gasteiger partial charge in [0.25, 0.3) is 0 Å². The molecule has 0 saturated heterocycles. The average molecular weight is 128 g/mol. The third-order valence-electron chi connectivity index (χ3n) is 0.225. The van der Waals surface area contributed by atoms with Gasteiger partial charge in [0.2, 0.25) is 0 Å². The highest BCUT2D eigenvalue weighted by atomic mass is 35.5. The van der Waals surface area contributed by atoms with Crippen molar-refractivity contribution in [3.63, 3.8) is 0 Å². The lowest BCUT2D eigenvalue weighted by atomic mass is 10.7. The number of rotatable bonds is 1. The first kappa shape index (κ1) is 9.56. The second kappa shape index (κ2) is 5.28. The van der Waals surface area contributed by atoms with Gasteiger partial charge in [0.1, 0.15) is 0 Å². The summed E-state index contributed by atoms with van der Waals surface area (Å²) in [6.07, 6.45) is 1.46. The van der Waals surface area contributed by atoms with Gasteiger partial charge in [-0.2, -0.15) is 0 Å². The zero-order chi connectivity index (χ0) is 4.28. The molecule has 0 spiro atoms. The highest BCUT2D eigenvalue weighted by Gasteiger charge is 1.76. The largest absolute Gasteiger partial charge is 0.312 e. The molecule has 0 aliphatic heterocycles. The third kappa shape index (κ3) is 8.86. The van der Waals surface area contributed by atoms with Crippen molar-refractivity contribution in [2.24, 2.45) is 5.73 Å². The average Bonchev–Trinajstić information content (AvgIpc) is 1.38. The SMILES string of the molecule is C=CC(N)Cl.Cl. The Morgan fingerprint density at radius 1 is 1.83 bits per heavy atom. The van der Waals surface area contributed by atoms with Crippen LogP contribution < -0.4 is 5.73 Å². The molecule has 1 atom stereocenters. The molecule has 0 aliphatic rings. The van der Waals surface area contributed by atoms with Crippen molar-refractivity contribution in [2.45, 2.75) is 5.50 Å². The summed E-state index contributed by atoms with van der Waals surface area (Å²) in [5, 5.41) is 0. The number of hydrogen-bond acceptors (Lipinski definition) is 1. The zero-order valence-electron chi connectivity index (χ0n) is 3.23. The molecule has 3 heteroatoms. The summed E-state index contributed by atoms with van der Waals surface area (Å²) >= 11 is 5.12. The molecule has 0 aromatic rings. The quantitative estimate of drug-likeness (QED) is 0.319. The van der Waals surface area contributed by atoms with Crippen molar-refractivity contribution < 1.29 is 0 Å². The summed E-state index contributed by atoms with van der Waals surface area (Å²) in [5.41, 5.74) is 4.56. The van der Waals surface area contributed by atoms with E-state index >= 15 is 0 Å². The molecule has 0 aliphatic carbocycles. The maximum absolute atomic E-state index is 5.12. The summed E-state index contributed by atoms with van der Waals surface area (Å²) < 4.78 is 0. The van der Waals surface area contributed by atoms with Gasteiger partial charge in [-0.05, 0) is 0 Å². The second-order valence-corrected chi connectivity index (χ2v) is 1.18. The molecular weight excluding hydrogens is 121 g/mol. The fourth-order valence-electron chi connectivity index (χ4n) is 0. The van der Waals surface area contributed by atoms with Crippen molar-refractivity contribution in [1.29, 1.82) is 0 Å². The van der Waals surface area contributed by atoms with Crippen LogP contribution >= 0.6 is 24.0 Å². The van der Waals surface area contributed by atoms with Gasteiger partial charge in [0, 0.05) is 0 Å². The Morgan fingerprint density at radius 2 is 2.00 bits per heavy atom. The van der Waals surface area contributed by atoms with Crippen LogP contribution in [0.4, 0.5) is 0 Å². The molecule has 6 heavy (non-hydrogen) atoms. The van der Waals surface area contributed by atoms with Crippen molar-refractivity contribution in [3.05, 3.63) is 12.7 Å². The van der Waals surface area contributed by atoms with Crippen LogP contribution in [-0.4, -0.2) is 5.50 Å². The van der Waals surface area contributed by atoms with E-state index in [1.807, 2.05) is 0 Å². The molecule has 1 unspecified atom stereocenters. The molecule has 0 fully saturated rings. The first-order chi connectivity index (χ1) is 2.27. The molecule has 0 heterocycles. The molecule has 1 nitrogen and oxygen atoms in total. The number of alkyl halides is 1. The van der Waals surface area contributed by atoms with E-state index in [4.69, 9.17) is 17.3 Å².